The normalized spacial score (nSPS) is 10.2. The van der Waals surface area contributed by atoms with Crippen molar-refractivity contribution in [1.82, 2.24) is 4.98 Å². The molecule has 3 nitrogen and oxygen atoms in total. The van der Waals surface area contributed by atoms with Gasteiger partial charge >= 0.3 is 0 Å². The number of fused-ring (bicyclic) bond motifs is 1. The Bertz CT molecular complexity index is 482. The van der Waals surface area contributed by atoms with Crippen LogP contribution in [-0.2, 0) is 4.79 Å². The Balaban J connectivity index is 2.05. The molecule has 0 saturated heterocycles. The maximum atomic E-state index is 10.1. The van der Waals surface area contributed by atoms with Crippen LogP contribution in [0.25, 0.3) is 10.9 Å². The molecule has 0 spiro atoms. The Labute approximate surface area is 94.1 Å². The number of hydrogen-bond donors (Lipinski definition) is 0. The number of aromatic nitrogens is 1. The SMILES string of the molecule is O=CCCCOc1ccc2ccccc2n1. The molecule has 0 radical (unpaired) electrons. The van der Waals surface area contributed by atoms with Crippen molar-refractivity contribution < 1.29 is 9.53 Å². The second kappa shape index (κ2) is 5.26. The first-order chi connectivity index (χ1) is 7.90. The summed E-state index contributed by atoms with van der Waals surface area (Å²) in [7, 11) is 0. The lowest BCUT2D eigenvalue weighted by molar-refractivity contribution is -0.108. The third-order valence-electron chi connectivity index (χ3n) is 2.29. The second-order valence-electron chi connectivity index (χ2n) is 3.50. The van der Waals surface area contributed by atoms with E-state index in [-0.39, 0.29) is 0 Å². The molecule has 0 bridgehead atoms. The van der Waals surface area contributed by atoms with E-state index in [4.69, 9.17) is 4.74 Å². The number of unbranched alkanes of at least 4 members (excludes halogenated alkanes) is 1. The molecule has 1 heterocycles. The zero-order valence-corrected chi connectivity index (χ0v) is 8.93. The van der Waals surface area contributed by atoms with Gasteiger partial charge in [0.2, 0.25) is 5.88 Å². The molecule has 0 amide bonds. The number of aldehydes is 1. The molecule has 0 aliphatic heterocycles. The molecule has 0 N–H and O–H groups in total. The number of carbonyl (C=O) groups excluding carboxylic acids is 1. The topological polar surface area (TPSA) is 39.2 Å². The second-order valence-corrected chi connectivity index (χ2v) is 3.50. The number of carbonyl (C=O) groups is 1. The zero-order chi connectivity index (χ0) is 11.2. The van der Waals surface area contributed by atoms with Crippen molar-refractivity contribution in [3.8, 4) is 5.88 Å². The van der Waals surface area contributed by atoms with Gasteiger partial charge in [0.15, 0.2) is 0 Å². The van der Waals surface area contributed by atoms with Crippen LogP contribution in [0.5, 0.6) is 5.88 Å². The van der Waals surface area contributed by atoms with E-state index in [1.54, 1.807) is 0 Å². The number of hydrogen-bond acceptors (Lipinski definition) is 3. The van der Waals surface area contributed by atoms with Crippen molar-refractivity contribution in [3.05, 3.63) is 36.4 Å². The molecule has 16 heavy (non-hydrogen) atoms. The predicted octanol–water partition coefficient (Wildman–Crippen LogP) is 2.59. The summed E-state index contributed by atoms with van der Waals surface area (Å²) in [6.45, 7) is 0.532. The molecule has 3 heteroatoms. The summed E-state index contributed by atoms with van der Waals surface area (Å²) >= 11 is 0. The van der Waals surface area contributed by atoms with Gasteiger partial charge in [-0.1, -0.05) is 18.2 Å². The van der Waals surface area contributed by atoms with Gasteiger partial charge in [-0.05, 0) is 18.6 Å². The summed E-state index contributed by atoms with van der Waals surface area (Å²) in [5.74, 6) is 0.615. The van der Waals surface area contributed by atoms with Crippen LogP contribution in [0.3, 0.4) is 0 Å². The molecule has 2 aromatic rings. The van der Waals surface area contributed by atoms with Gasteiger partial charge in [-0.25, -0.2) is 4.98 Å². The zero-order valence-electron chi connectivity index (χ0n) is 8.93. The lowest BCUT2D eigenvalue weighted by Crippen LogP contribution is -1.99. The summed E-state index contributed by atoms with van der Waals surface area (Å²) in [6.07, 6.45) is 2.17. The first-order valence-electron chi connectivity index (χ1n) is 5.32. The molecule has 0 atom stereocenters. The summed E-state index contributed by atoms with van der Waals surface area (Å²) < 4.78 is 5.45. The van der Waals surface area contributed by atoms with Gasteiger partial charge in [0, 0.05) is 17.9 Å². The maximum absolute atomic E-state index is 10.1. The van der Waals surface area contributed by atoms with Crippen molar-refractivity contribution >= 4 is 17.2 Å². The quantitative estimate of drug-likeness (QED) is 0.568. The highest BCUT2D eigenvalue weighted by atomic mass is 16.5. The van der Waals surface area contributed by atoms with E-state index in [1.165, 1.54) is 0 Å². The fraction of sp³-hybridized carbons (Fsp3) is 0.231. The van der Waals surface area contributed by atoms with Crippen molar-refractivity contribution in [2.45, 2.75) is 12.8 Å². The third kappa shape index (κ3) is 2.57. The summed E-state index contributed by atoms with van der Waals surface area (Å²) in [6, 6.07) is 11.7. The average molecular weight is 215 g/mol. The van der Waals surface area contributed by atoms with Crippen LogP contribution in [0.15, 0.2) is 36.4 Å². The third-order valence-corrected chi connectivity index (χ3v) is 2.29. The molecule has 0 fully saturated rings. The van der Waals surface area contributed by atoms with Crippen LogP contribution in [-0.4, -0.2) is 17.9 Å². The smallest absolute Gasteiger partial charge is 0.213 e. The van der Waals surface area contributed by atoms with Crippen molar-refractivity contribution in [1.29, 1.82) is 0 Å². The molecule has 0 aliphatic carbocycles. The Morgan fingerprint density at radius 3 is 2.94 bits per heavy atom. The minimum Gasteiger partial charge on any atom is -0.478 e. The van der Waals surface area contributed by atoms with Gasteiger partial charge in [-0.3, -0.25) is 0 Å². The molecular weight excluding hydrogens is 202 g/mol. The van der Waals surface area contributed by atoms with Gasteiger partial charge in [0.05, 0.1) is 12.1 Å². The summed E-state index contributed by atoms with van der Waals surface area (Å²) in [5, 5.41) is 1.10. The number of ether oxygens (including phenoxy) is 1. The van der Waals surface area contributed by atoms with E-state index in [1.807, 2.05) is 36.4 Å². The molecule has 0 saturated carbocycles. The number of para-hydroxylation sites is 1. The highest BCUT2D eigenvalue weighted by Gasteiger charge is 1.98. The van der Waals surface area contributed by atoms with Crippen LogP contribution in [0.4, 0.5) is 0 Å². The number of pyridine rings is 1. The average Bonchev–Trinajstić information content (AvgIpc) is 2.34. The van der Waals surface area contributed by atoms with Crippen LogP contribution in [0.2, 0.25) is 0 Å². The monoisotopic (exact) mass is 215 g/mol. The fourth-order valence-electron chi connectivity index (χ4n) is 1.47. The van der Waals surface area contributed by atoms with Gasteiger partial charge < -0.3 is 9.53 Å². The first kappa shape index (κ1) is 10.6. The molecule has 0 unspecified atom stereocenters. The van der Waals surface area contributed by atoms with Crippen LogP contribution in [0, 0.1) is 0 Å². The molecule has 82 valence electrons. The number of nitrogens with zero attached hydrogens (tertiary/aromatic N) is 1. The van der Waals surface area contributed by atoms with Gasteiger partial charge in [0.25, 0.3) is 0 Å². The minimum atomic E-state index is 0.532. The molecular formula is C13H13NO2. The van der Waals surface area contributed by atoms with Gasteiger partial charge in [0.1, 0.15) is 6.29 Å². The van der Waals surface area contributed by atoms with E-state index in [0.29, 0.717) is 18.9 Å². The lowest BCUT2D eigenvalue weighted by Gasteiger charge is -2.04. The van der Waals surface area contributed by atoms with Gasteiger partial charge in [-0.15, -0.1) is 0 Å². The summed E-state index contributed by atoms with van der Waals surface area (Å²) in [5.41, 5.74) is 0.926. The minimum absolute atomic E-state index is 0.532. The van der Waals surface area contributed by atoms with E-state index in [9.17, 15) is 4.79 Å². The van der Waals surface area contributed by atoms with Crippen LogP contribution < -0.4 is 4.74 Å². The van der Waals surface area contributed by atoms with E-state index in [2.05, 4.69) is 4.98 Å². The Kier molecular flexibility index (Phi) is 3.49. The largest absolute Gasteiger partial charge is 0.478 e. The standard InChI is InChI=1S/C13H13NO2/c15-9-3-4-10-16-13-8-7-11-5-1-2-6-12(11)14-13/h1-2,5-9H,3-4,10H2. The molecule has 0 aliphatic rings. The van der Waals surface area contributed by atoms with Crippen molar-refractivity contribution in [2.24, 2.45) is 0 Å². The fourth-order valence-corrected chi connectivity index (χ4v) is 1.47. The maximum Gasteiger partial charge on any atom is 0.213 e. The van der Waals surface area contributed by atoms with Crippen molar-refractivity contribution in [3.63, 3.8) is 0 Å². The highest BCUT2D eigenvalue weighted by molar-refractivity contribution is 5.78. The van der Waals surface area contributed by atoms with E-state index in [0.717, 1.165) is 23.6 Å². The molecule has 1 aromatic heterocycles. The predicted molar refractivity (Wildman–Crippen MR) is 62.5 cm³/mol. The Hall–Kier alpha value is -1.90. The number of benzene rings is 1. The molecule has 1 aromatic carbocycles. The Morgan fingerprint density at radius 1 is 1.19 bits per heavy atom. The summed E-state index contributed by atoms with van der Waals surface area (Å²) in [4.78, 5) is 14.5. The van der Waals surface area contributed by atoms with E-state index < -0.39 is 0 Å². The van der Waals surface area contributed by atoms with E-state index >= 15 is 0 Å². The lowest BCUT2D eigenvalue weighted by atomic mass is 10.2. The Morgan fingerprint density at radius 2 is 2.06 bits per heavy atom. The van der Waals surface area contributed by atoms with Crippen molar-refractivity contribution in [2.75, 3.05) is 6.61 Å². The first-order valence-corrected chi connectivity index (χ1v) is 5.32. The number of rotatable bonds is 5. The molecule has 2 rings (SSSR count). The van der Waals surface area contributed by atoms with Gasteiger partial charge in [-0.2, -0.15) is 0 Å². The van der Waals surface area contributed by atoms with Crippen LogP contribution >= 0.6 is 0 Å². The highest BCUT2D eigenvalue weighted by Crippen LogP contribution is 2.16. The van der Waals surface area contributed by atoms with Crippen LogP contribution in [0.1, 0.15) is 12.8 Å².